The standard InChI is InChI=1S/C50H34N2/c1-50(2)44-16-8-5-13-37(44)40-24-26-42-39-15-7-10-18-46(39)52(49(42)47(40)50)34-22-20-30-27-33(21-19-31(30)28-34)51-45-17-9-6-14-38(45)41-25-23-36-35-12-4-3-11-32(35)29-43(36)48(41)51/h3-28H,29H2,1-2H3. The molecule has 2 aliphatic carbocycles. The molecule has 0 unspecified atom stereocenters. The molecular weight excluding hydrogens is 629 g/mol. The molecule has 0 fully saturated rings. The van der Waals surface area contributed by atoms with Gasteiger partial charge in [0.05, 0.1) is 22.1 Å². The monoisotopic (exact) mass is 662 g/mol. The minimum absolute atomic E-state index is 0.118. The maximum atomic E-state index is 2.53. The van der Waals surface area contributed by atoms with Gasteiger partial charge in [0.1, 0.15) is 0 Å². The molecule has 244 valence electrons. The highest BCUT2D eigenvalue weighted by molar-refractivity contribution is 6.14. The van der Waals surface area contributed by atoms with E-state index >= 15 is 0 Å². The number of fused-ring (bicyclic) bond motifs is 15. The third-order valence-corrected chi connectivity index (χ3v) is 12.3. The van der Waals surface area contributed by atoms with Gasteiger partial charge in [-0.3, -0.25) is 0 Å². The van der Waals surface area contributed by atoms with Crippen molar-refractivity contribution in [3.05, 3.63) is 180 Å². The average Bonchev–Trinajstić information content (AvgIpc) is 3.90. The van der Waals surface area contributed by atoms with Gasteiger partial charge in [-0.15, -0.1) is 0 Å². The SMILES string of the molecule is CC1(C)c2ccccc2-c2ccc3c4ccccc4n(-c4ccc5cc(-n6c7ccccc7c7ccc8c(c76)Cc6ccccc6-8)ccc5c4)c3c21. The first kappa shape index (κ1) is 28.3. The lowest BCUT2D eigenvalue weighted by atomic mass is 9.81. The van der Waals surface area contributed by atoms with Gasteiger partial charge in [-0.25, -0.2) is 0 Å². The summed E-state index contributed by atoms with van der Waals surface area (Å²) in [5.74, 6) is 0. The Hall–Kier alpha value is -6.38. The van der Waals surface area contributed by atoms with Crippen LogP contribution in [0.15, 0.2) is 158 Å². The maximum absolute atomic E-state index is 2.53. The van der Waals surface area contributed by atoms with E-state index in [1.54, 1.807) is 0 Å². The number of hydrogen-bond donors (Lipinski definition) is 0. The Balaban J connectivity index is 1.08. The molecule has 0 saturated carbocycles. The lowest BCUT2D eigenvalue weighted by molar-refractivity contribution is 0.664. The van der Waals surface area contributed by atoms with Crippen LogP contribution in [0.2, 0.25) is 0 Å². The Labute approximate surface area is 301 Å². The lowest BCUT2D eigenvalue weighted by Gasteiger charge is -2.23. The number of nitrogens with zero attached hydrogens (tertiary/aromatic N) is 2. The number of para-hydroxylation sites is 2. The number of hydrogen-bond acceptors (Lipinski definition) is 0. The zero-order valence-corrected chi connectivity index (χ0v) is 29.1. The van der Waals surface area contributed by atoms with Crippen LogP contribution in [-0.2, 0) is 11.8 Å². The molecule has 0 radical (unpaired) electrons. The molecule has 0 amide bonds. The Bertz CT molecular complexity index is 3180. The van der Waals surface area contributed by atoms with Crippen molar-refractivity contribution in [2.45, 2.75) is 25.7 Å². The van der Waals surface area contributed by atoms with Crippen LogP contribution in [0.25, 0.3) is 88.0 Å². The predicted molar refractivity (Wildman–Crippen MR) is 218 cm³/mol. The Morgan fingerprint density at radius 1 is 0.442 bits per heavy atom. The van der Waals surface area contributed by atoms with Crippen molar-refractivity contribution in [1.82, 2.24) is 9.13 Å². The Morgan fingerprint density at radius 2 is 1.00 bits per heavy atom. The summed E-state index contributed by atoms with van der Waals surface area (Å²) in [5.41, 5.74) is 18.5. The Kier molecular flexibility index (Phi) is 5.39. The third-order valence-electron chi connectivity index (χ3n) is 12.3. The van der Waals surface area contributed by atoms with Gasteiger partial charge in [0.15, 0.2) is 0 Å². The van der Waals surface area contributed by atoms with Gasteiger partial charge >= 0.3 is 0 Å². The zero-order chi connectivity index (χ0) is 34.3. The van der Waals surface area contributed by atoms with Gasteiger partial charge in [0.25, 0.3) is 0 Å². The first-order valence-corrected chi connectivity index (χ1v) is 18.4. The molecule has 0 atom stereocenters. The van der Waals surface area contributed by atoms with Crippen molar-refractivity contribution in [3.63, 3.8) is 0 Å². The van der Waals surface area contributed by atoms with E-state index in [9.17, 15) is 0 Å². The van der Waals surface area contributed by atoms with Gasteiger partial charge in [0, 0.05) is 44.8 Å². The van der Waals surface area contributed by atoms with Gasteiger partial charge in [-0.2, -0.15) is 0 Å². The quantitative estimate of drug-likeness (QED) is 0.174. The van der Waals surface area contributed by atoms with E-state index < -0.39 is 0 Å². The maximum Gasteiger partial charge on any atom is 0.0588 e. The molecule has 12 rings (SSSR count). The highest BCUT2D eigenvalue weighted by Crippen LogP contribution is 2.53. The molecule has 52 heavy (non-hydrogen) atoms. The summed E-state index contributed by atoms with van der Waals surface area (Å²) in [6, 6.07) is 59.1. The van der Waals surface area contributed by atoms with Crippen LogP contribution < -0.4 is 0 Å². The fraction of sp³-hybridized carbons (Fsp3) is 0.0800. The average molecular weight is 663 g/mol. The summed E-state index contributed by atoms with van der Waals surface area (Å²) < 4.78 is 5.04. The van der Waals surface area contributed by atoms with Crippen molar-refractivity contribution < 1.29 is 0 Å². The highest BCUT2D eigenvalue weighted by Gasteiger charge is 2.38. The van der Waals surface area contributed by atoms with Crippen LogP contribution in [0.1, 0.15) is 36.1 Å². The third kappa shape index (κ3) is 3.54. The first-order chi connectivity index (χ1) is 25.6. The largest absolute Gasteiger partial charge is 0.309 e. The number of aromatic nitrogens is 2. The fourth-order valence-electron chi connectivity index (χ4n) is 10.0. The van der Waals surface area contributed by atoms with E-state index in [0.29, 0.717) is 0 Å². The molecule has 8 aromatic carbocycles. The van der Waals surface area contributed by atoms with Crippen LogP contribution in [0, 0.1) is 0 Å². The van der Waals surface area contributed by atoms with Crippen molar-refractivity contribution in [2.24, 2.45) is 0 Å². The molecule has 0 aliphatic heterocycles. The Morgan fingerprint density at radius 3 is 1.71 bits per heavy atom. The molecule has 2 aliphatic rings. The molecule has 0 N–H and O–H groups in total. The van der Waals surface area contributed by atoms with Gasteiger partial charge < -0.3 is 9.13 Å². The van der Waals surface area contributed by atoms with Crippen molar-refractivity contribution in [3.8, 4) is 33.6 Å². The van der Waals surface area contributed by atoms with Gasteiger partial charge in [-0.1, -0.05) is 135 Å². The molecule has 2 aromatic heterocycles. The van der Waals surface area contributed by atoms with Crippen LogP contribution in [0.3, 0.4) is 0 Å². The molecule has 0 spiro atoms. The van der Waals surface area contributed by atoms with E-state index in [1.165, 1.54) is 110 Å². The van der Waals surface area contributed by atoms with Gasteiger partial charge in [0.2, 0.25) is 0 Å². The predicted octanol–water partition coefficient (Wildman–Crippen LogP) is 12.9. The summed E-state index contributed by atoms with van der Waals surface area (Å²) >= 11 is 0. The van der Waals surface area contributed by atoms with E-state index in [2.05, 4.69) is 181 Å². The van der Waals surface area contributed by atoms with Crippen molar-refractivity contribution in [1.29, 1.82) is 0 Å². The van der Waals surface area contributed by atoms with Gasteiger partial charge in [-0.05, 0) is 91.7 Å². The van der Waals surface area contributed by atoms with E-state index in [0.717, 1.165) is 6.42 Å². The topological polar surface area (TPSA) is 9.86 Å². The van der Waals surface area contributed by atoms with E-state index in [4.69, 9.17) is 0 Å². The van der Waals surface area contributed by atoms with Crippen LogP contribution in [0.5, 0.6) is 0 Å². The second-order valence-corrected chi connectivity index (χ2v) is 15.3. The summed E-state index contributed by atoms with van der Waals surface area (Å²) in [5, 5.41) is 7.70. The number of benzene rings is 8. The van der Waals surface area contributed by atoms with Crippen molar-refractivity contribution in [2.75, 3.05) is 0 Å². The molecule has 2 nitrogen and oxygen atoms in total. The second kappa shape index (κ2) is 9.90. The molecule has 0 bridgehead atoms. The molecule has 2 heterocycles. The normalized spacial score (nSPS) is 14.0. The number of rotatable bonds is 2. The zero-order valence-electron chi connectivity index (χ0n) is 29.1. The minimum atomic E-state index is -0.118. The molecule has 10 aromatic rings. The van der Waals surface area contributed by atoms with E-state index in [-0.39, 0.29) is 5.41 Å². The lowest BCUT2D eigenvalue weighted by Crippen LogP contribution is -2.16. The van der Waals surface area contributed by atoms with Crippen molar-refractivity contribution >= 4 is 54.4 Å². The molecular formula is C50H34N2. The summed E-state index contributed by atoms with van der Waals surface area (Å²) in [6.07, 6.45) is 0.959. The van der Waals surface area contributed by atoms with E-state index in [1.807, 2.05) is 0 Å². The van der Waals surface area contributed by atoms with Crippen LogP contribution in [0.4, 0.5) is 0 Å². The van der Waals surface area contributed by atoms with Crippen LogP contribution in [-0.4, -0.2) is 9.13 Å². The molecule has 0 saturated heterocycles. The summed E-state index contributed by atoms with van der Waals surface area (Å²) in [6.45, 7) is 4.79. The summed E-state index contributed by atoms with van der Waals surface area (Å²) in [7, 11) is 0. The fourth-order valence-corrected chi connectivity index (χ4v) is 10.0. The first-order valence-electron chi connectivity index (χ1n) is 18.4. The summed E-state index contributed by atoms with van der Waals surface area (Å²) in [4.78, 5) is 0. The smallest absolute Gasteiger partial charge is 0.0588 e. The molecule has 2 heteroatoms. The second-order valence-electron chi connectivity index (χ2n) is 15.3. The minimum Gasteiger partial charge on any atom is -0.309 e. The highest BCUT2D eigenvalue weighted by atomic mass is 15.0. The van der Waals surface area contributed by atoms with Crippen LogP contribution >= 0.6 is 0 Å².